The number of ether oxygens (including phenoxy) is 1. The molecule has 4 heterocycles. The minimum absolute atomic E-state index is 0.209. The number of imidazole rings is 2. The van der Waals surface area contributed by atoms with E-state index in [4.69, 9.17) is 16.3 Å². The first-order valence-electron chi connectivity index (χ1n) is 11.4. The van der Waals surface area contributed by atoms with Crippen LogP contribution in [0.5, 0.6) is 0 Å². The first-order chi connectivity index (χ1) is 17.1. The van der Waals surface area contributed by atoms with Crippen LogP contribution >= 0.6 is 11.6 Å². The topological polar surface area (TPSA) is 99.2 Å². The third-order valence-corrected chi connectivity index (χ3v) is 5.83. The number of unbranched alkanes of at least 4 members (excludes halogenated alkanes) is 1. The number of halogens is 1. The molecule has 35 heavy (non-hydrogen) atoms. The van der Waals surface area contributed by atoms with Gasteiger partial charge >= 0.3 is 6.09 Å². The molecule has 178 valence electrons. The van der Waals surface area contributed by atoms with Crippen LogP contribution in [0.1, 0.15) is 24.1 Å². The Balaban J connectivity index is 1.07. The van der Waals surface area contributed by atoms with Crippen molar-refractivity contribution in [2.75, 3.05) is 6.61 Å². The van der Waals surface area contributed by atoms with E-state index in [-0.39, 0.29) is 5.28 Å². The number of hydrogen-bond donors (Lipinski definition) is 1. The van der Waals surface area contributed by atoms with Crippen LogP contribution in [0.15, 0.2) is 61.2 Å². The summed E-state index contributed by atoms with van der Waals surface area (Å²) in [4.78, 5) is 29.5. The zero-order valence-electron chi connectivity index (χ0n) is 19.2. The molecule has 0 saturated carbocycles. The maximum atomic E-state index is 12.1. The van der Waals surface area contributed by atoms with Crippen LogP contribution in [0.3, 0.4) is 0 Å². The van der Waals surface area contributed by atoms with E-state index >= 15 is 0 Å². The number of aryl methyl sites for hydroxylation is 2. The molecular formula is C25H24ClN7O2. The summed E-state index contributed by atoms with van der Waals surface area (Å²) in [5, 5.41) is 3.01. The molecule has 9 nitrogen and oxygen atoms in total. The number of carbonyl (C=O) groups is 1. The van der Waals surface area contributed by atoms with E-state index in [1.807, 2.05) is 70.7 Å². The van der Waals surface area contributed by atoms with Gasteiger partial charge in [0, 0.05) is 31.0 Å². The van der Waals surface area contributed by atoms with Crippen molar-refractivity contribution >= 4 is 34.5 Å². The number of carbonyl (C=O) groups excluding carboxylic acids is 1. The van der Waals surface area contributed by atoms with Crippen LogP contribution in [0.25, 0.3) is 28.1 Å². The summed E-state index contributed by atoms with van der Waals surface area (Å²) < 4.78 is 9.22. The van der Waals surface area contributed by atoms with Crippen LogP contribution in [-0.2, 0) is 17.8 Å². The Labute approximate surface area is 206 Å². The van der Waals surface area contributed by atoms with Crippen molar-refractivity contribution in [2.24, 2.45) is 0 Å². The maximum Gasteiger partial charge on any atom is 0.407 e. The number of nitrogens with zero attached hydrogens (tertiary/aromatic N) is 6. The lowest BCUT2D eigenvalue weighted by Gasteiger charge is -2.08. The number of benzene rings is 1. The van der Waals surface area contributed by atoms with Gasteiger partial charge in [0.2, 0.25) is 5.28 Å². The fraction of sp³-hybridized carbons (Fsp3) is 0.240. The molecule has 5 rings (SSSR count). The number of amides is 1. The Hall–Kier alpha value is -3.98. The van der Waals surface area contributed by atoms with E-state index in [9.17, 15) is 4.79 Å². The Morgan fingerprint density at radius 2 is 1.91 bits per heavy atom. The molecule has 0 fully saturated rings. The first-order valence-corrected chi connectivity index (χ1v) is 11.7. The second-order valence-corrected chi connectivity index (χ2v) is 8.52. The van der Waals surface area contributed by atoms with Gasteiger partial charge in [-0.3, -0.25) is 0 Å². The molecule has 0 spiro atoms. The standard InChI is InChI=1S/C25H24ClN7O2/c1-17-22-23(31-24(26)29-17)32(16-28-22)11-5-6-12-35-25(34)27-13-18-9-10-21-30-20(15-33(21)14-18)19-7-3-2-4-8-19/h2-4,7-10,14-16H,5-6,11-13H2,1H3,(H,27,34). The summed E-state index contributed by atoms with van der Waals surface area (Å²) in [5.41, 5.74) is 5.99. The highest BCUT2D eigenvalue weighted by Gasteiger charge is 2.10. The predicted molar refractivity (Wildman–Crippen MR) is 133 cm³/mol. The van der Waals surface area contributed by atoms with E-state index in [1.54, 1.807) is 6.33 Å². The molecule has 1 aromatic carbocycles. The van der Waals surface area contributed by atoms with E-state index < -0.39 is 6.09 Å². The third kappa shape index (κ3) is 5.25. The van der Waals surface area contributed by atoms with Gasteiger partial charge in [-0.1, -0.05) is 36.4 Å². The lowest BCUT2D eigenvalue weighted by atomic mass is 10.2. The van der Waals surface area contributed by atoms with Gasteiger partial charge in [-0.2, -0.15) is 4.98 Å². The summed E-state index contributed by atoms with van der Waals surface area (Å²) in [6.07, 6.45) is 6.76. The zero-order chi connectivity index (χ0) is 24.2. The molecule has 5 aromatic rings. The van der Waals surface area contributed by atoms with Crippen LogP contribution in [0, 0.1) is 6.92 Å². The van der Waals surface area contributed by atoms with Gasteiger partial charge < -0.3 is 19.0 Å². The van der Waals surface area contributed by atoms with Gasteiger partial charge in [-0.15, -0.1) is 0 Å². The van der Waals surface area contributed by atoms with Gasteiger partial charge in [0.05, 0.1) is 24.3 Å². The Morgan fingerprint density at radius 3 is 2.77 bits per heavy atom. The summed E-state index contributed by atoms with van der Waals surface area (Å²) in [6.45, 7) is 3.25. The first kappa shape index (κ1) is 22.8. The summed E-state index contributed by atoms with van der Waals surface area (Å²) in [5.74, 6) is 0. The van der Waals surface area contributed by atoms with Crippen LogP contribution in [0.4, 0.5) is 4.79 Å². The van der Waals surface area contributed by atoms with Gasteiger partial charge in [0.1, 0.15) is 11.2 Å². The van der Waals surface area contributed by atoms with E-state index in [0.29, 0.717) is 31.8 Å². The molecular weight excluding hydrogens is 466 g/mol. The highest BCUT2D eigenvalue weighted by molar-refractivity contribution is 6.28. The molecule has 4 aromatic heterocycles. The predicted octanol–water partition coefficient (Wildman–Crippen LogP) is 4.81. The molecule has 0 aliphatic carbocycles. The summed E-state index contributed by atoms with van der Waals surface area (Å²) in [6, 6.07) is 13.9. The third-order valence-electron chi connectivity index (χ3n) is 5.66. The van der Waals surface area contributed by atoms with Crippen LogP contribution < -0.4 is 5.32 Å². The number of aromatic nitrogens is 6. The zero-order valence-corrected chi connectivity index (χ0v) is 19.9. The normalized spacial score (nSPS) is 11.3. The van der Waals surface area contributed by atoms with Crippen LogP contribution in [0.2, 0.25) is 5.28 Å². The van der Waals surface area contributed by atoms with Gasteiger partial charge in [-0.25, -0.2) is 19.7 Å². The Bertz CT molecular complexity index is 1480. The second kappa shape index (κ2) is 10.1. The number of fused-ring (bicyclic) bond motifs is 2. The van der Waals surface area contributed by atoms with Crippen molar-refractivity contribution in [3.05, 3.63) is 77.7 Å². The van der Waals surface area contributed by atoms with Crippen molar-refractivity contribution in [3.8, 4) is 11.3 Å². The number of hydrogen-bond acceptors (Lipinski definition) is 6. The smallest absolute Gasteiger partial charge is 0.407 e. The quantitative estimate of drug-likeness (QED) is 0.248. The molecule has 10 heteroatoms. The SMILES string of the molecule is Cc1nc(Cl)nc2c1ncn2CCCCOC(=O)NCc1ccc2nc(-c3ccccc3)cn2c1. The molecule has 0 atom stereocenters. The number of pyridine rings is 1. The lowest BCUT2D eigenvalue weighted by molar-refractivity contribution is 0.143. The van der Waals surface area contributed by atoms with Crippen LogP contribution in [-0.4, -0.2) is 41.6 Å². The fourth-order valence-electron chi connectivity index (χ4n) is 3.88. The molecule has 0 unspecified atom stereocenters. The number of alkyl carbamates (subject to hydrolysis) is 1. The monoisotopic (exact) mass is 489 g/mol. The second-order valence-electron chi connectivity index (χ2n) is 8.18. The highest BCUT2D eigenvalue weighted by atomic mass is 35.5. The fourth-order valence-corrected chi connectivity index (χ4v) is 4.09. The van der Waals surface area contributed by atoms with E-state index in [1.165, 1.54) is 0 Å². The number of rotatable bonds is 8. The molecule has 0 radical (unpaired) electrons. The molecule has 0 aliphatic heterocycles. The Kier molecular flexibility index (Phi) is 6.58. The molecule has 1 N–H and O–H groups in total. The van der Waals surface area contributed by atoms with E-state index in [0.717, 1.165) is 40.1 Å². The van der Waals surface area contributed by atoms with Gasteiger partial charge in [0.25, 0.3) is 0 Å². The minimum Gasteiger partial charge on any atom is -0.450 e. The van der Waals surface area contributed by atoms with Crippen molar-refractivity contribution in [3.63, 3.8) is 0 Å². The van der Waals surface area contributed by atoms with Crippen molar-refractivity contribution in [1.29, 1.82) is 0 Å². The van der Waals surface area contributed by atoms with Gasteiger partial charge in [0.15, 0.2) is 5.65 Å². The minimum atomic E-state index is -0.441. The average molecular weight is 490 g/mol. The summed E-state index contributed by atoms with van der Waals surface area (Å²) in [7, 11) is 0. The van der Waals surface area contributed by atoms with Crippen molar-refractivity contribution < 1.29 is 9.53 Å². The van der Waals surface area contributed by atoms with Crippen molar-refractivity contribution in [2.45, 2.75) is 32.9 Å². The van der Waals surface area contributed by atoms with E-state index in [2.05, 4.69) is 25.3 Å². The Morgan fingerprint density at radius 1 is 1.06 bits per heavy atom. The number of nitrogens with one attached hydrogen (secondary N) is 1. The molecule has 0 bridgehead atoms. The maximum absolute atomic E-state index is 12.1. The van der Waals surface area contributed by atoms with Crippen molar-refractivity contribution in [1.82, 2.24) is 34.2 Å². The molecule has 0 saturated heterocycles. The van der Waals surface area contributed by atoms with Gasteiger partial charge in [-0.05, 0) is 43.0 Å². The average Bonchev–Trinajstić information content (AvgIpc) is 3.47. The highest BCUT2D eigenvalue weighted by Crippen LogP contribution is 2.19. The summed E-state index contributed by atoms with van der Waals surface area (Å²) >= 11 is 5.97. The molecule has 0 aliphatic rings. The lowest BCUT2D eigenvalue weighted by Crippen LogP contribution is -2.24. The largest absolute Gasteiger partial charge is 0.450 e. The molecule has 1 amide bonds.